The average Bonchev–Trinajstić information content (AvgIpc) is 2.65. The molecule has 30 nitrogen and oxygen atoms in total. The fourth-order valence-electron chi connectivity index (χ4n) is 9.09. The smallest absolute Gasteiger partial charge is 0.326 e. The highest BCUT2D eigenvalue weighted by Gasteiger charge is 2.38. The largest absolute Gasteiger partial charge is 0.508 e. The summed E-state index contributed by atoms with van der Waals surface area (Å²) in [7, 11) is 0. The number of benzene rings is 2. The molecule has 496 valence electrons. The van der Waals surface area contributed by atoms with Crippen molar-refractivity contribution in [2.75, 3.05) is 13.1 Å². The van der Waals surface area contributed by atoms with Gasteiger partial charge in [0.2, 0.25) is 53.2 Å². The zero-order chi connectivity index (χ0) is 67.2. The summed E-state index contributed by atoms with van der Waals surface area (Å²) in [6.07, 6.45) is -3.39. The molecule has 89 heavy (non-hydrogen) atoms. The Hall–Kier alpha value is -8.48. The first-order valence-corrected chi connectivity index (χ1v) is 29.6. The second-order valence-corrected chi connectivity index (χ2v) is 23.1. The molecule has 0 aliphatic rings. The number of aliphatic carboxylic acids is 3. The van der Waals surface area contributed by atoms with Crippen LogP contribution in [0.5, 0.6) is 11.5 Å². The third-order valence-electron chi connectivity index (χ3n) is 13.9. The maximum atomic E-state index is 14.5. The van der Waals surface area contributed by atoms with Crippen molar-refractivity contribution in [2.45, 2.75) is 192 Å². The molecule has 0 spiro atoms. The molecule has 2 aromatic rings. The predicted molar refractivity (Wildman–Crippen MR) is 322 cm³/mol. The number of carbonyl (C=O) groups excluding carboxylic acids is 9. The fourth-order valence-corrected chi connectivity index (χ4v) is 9.09. The van der Waals surface area contributed by atoms with Gasteiger partial charge in [0.05, 0.1) is 25.0 Å². The Kier molecular flexibility index (Phi) is 33.3. The monoisotopic (exact) mass is 1260 g/mol. The molecule has 0 bridgehead atoms. The fraction of sp³-hybridized carbons (Fsp3) is 0.593. The molecule has 0 aromatic heterocycles. The quantitative estimate of drug-likeness (QED) is 0.0320. The molecular weight excluding hydrogens is 1160 g/mol. The normalized spacial score (nSPS) is 15.0. The van der Waals surface area contributed by atoms with Gasteiger partial charge in [0.15, 0.2) is 0 Å². The predicted octanol–water partition coefficient (Wildman–Crippen LogP) is -2.01. The Balaban J connectivity index is 2.50. The van der Waals surface area contributed by atoms with Crippen LogP contribution in [0.15, 0.2) is 48.5 Å². The number of nitrogens with one attached hydrogen (secondary N) is 9. The molecule has 0 radical (unpaired) electrons. The number of hydrogen-bond donors (Lipinski definition) is 18. The number of aromatic hydroxyl groups is 2. The highest BCUT2D eigenvalue weighted by atomic mass is 16.4. The number of aliphatic hydroxyl groups excluding tert-OH is 1. The van der Waals surface area contributed by atoms with Crippen LogP contribution in [0.3, 0.4) is 0 Å². The lowest BCUT2D eigenvalue weighted by Gasteiger charge is -2.29. The molecule has 2 aromatic carbocycles. The van der Waals surface area contributed by atoms with Gasteiger partial charge >= 0.3 is 17.9 Å². The van der Waals surface area contributed by atoms with Crippen molar-refractivity contribution in [3.05, 3.63) is 59.7 Å². The molecule has 21 N–H and O–H groups in total. The van der Waals surface area contributed by atoms with Gasteiger partial charge in [-0.15, -0.1) is 0 Å². The summed E-state index contributed by atoms with van der Waals surface area (Å²) in [5.74, 6) is -15.2. The van der Waals surface area contributed by atoms with Gasteiger partial charge in [-0.2, -0.15) is 0 Å². The number of amides is 9. The number of carbonyl (C=O) groups is 12. The maximum absolute atomic E-state index is 14.5. The van der Waals surface area contributed by atoms with Crippen molar-refractivity contribution in [1.82, 2.24) is 47.9 Å². The van der Waals surface area contributed by atoms with Crippen LogP contribution in [0.1, 0.15) is 124 Å². The molecule has 9 amide bonds. The summed E-state index contributed by atoms with van der Waals surface area (Å²) < 4.78 is 0. The van der Waals surface area contributed by atoms with E-state index in [1.807, 2.05) is 13.8 Å². The number of rotatable bonds is 41. The number of phenols is 2. The van der Waals surface area contributed by atoms with E-state index in [9.17, 15) is 88.2 Å². The number of unbranched alkanes of at least 4 members (excludes halogenated alkanes) is 2. The number of phenolic OH excluding ortho intramolecular Hbond substituents is 2. The van der Waals surface area contributed by atoms with Gasteiger partial charge in [-0.3, -0.25) is 52.7 Å². The molecule has 0 saturated heterocycles. The maximum Gasteiger partial charge on any atom is 0.326 e. The van der Waals surface area contributed by atoms with Gasteiger partial charge in [0.25, 0.3) is 0 Å². The lowest BCUT2D eigenvalue weighted by molar-refractivity contribution is -0.143. The van der Waals surface area contributed by atoms with E-state index in [1.54, 1.807) is 27.7 Å². The molecule has 0 fully saturated rings. The Morgan fingerprint density at radius 3 is 1.15 bits per heavy atom. The zero-order valence-electron chi connectivity index (χ0n) is 51.4. The van der Waals surface area contributed by atoms with Crippen LogP contribution in [0.2, 0.25) is 0 Å². The third-order valence-corrected chi connectivity index (χ3v) is 13.9. The second kappa shape index (κ2) is 38.7. The third kappa shape index (κ3) is 28.5. The molecular formula is C59H92N12O18. The molecule has 11 atom stereocenters. The molecule has 0 heterocycles. The molecule has 0 aliphatic carbocycles. The summed E-state index contributed by atoms with van der Waals surface area (Å²) in [6.45, 7) is 11.8. The van der Waals surface area contributed by atoms with E-state index in [2.05, 4.69) is 47.9 Å². The van der Waals surface area contributed by atoms with Crippen LogP contribution >= 0.6 is 0 Å². The van der Waals surface area contributed by atoms with Crippen molar-refractivity contribution < 1.29 is 88.2 Å². The van der Waals surface area contributed by atoms with Crippen LogP contribution in [-0.4, -0.2) is 181 Å². The van der Waals surface area contributed by atoms with Gasteiger partial charge in [-0.05, 0) is 125 Å². The lowest BCUT2D eigenvalue weighted by atomic mass is 9.98. The minimum atomic E-state index is -2.10. The van der Waals surface area contributed by atoms with Gasteiger partial charge in [-0.25, -0.2) is 4.79 Å². The van der Waals surface area contributed by atoms with Gasteiger partial charge in [0.1, 0.15) is 65.9 Å². The summed E-state index contributed by atoms with van der Waals surface area (Å²) in [4.78, 5) is 162. The standard InChI is InChI=1S/C59H92N12O18/c1-30(2)24-38(62)50(79)70-48(32(5)6)57(86)67-41(25-31(3)4)53(82)66-44(29-47(77)78)56(85)71-49(33(7)72)58(87)68-43(28-46(75)76)55(84)65-42(26-34-14-18-36(73)19-15-34)54(83)64-39(12-8-10-22-60)51(80)63-40(13-9-11-23-61)52(81)69-45(59(88)89)27-35-16-20-37(74)21-17-35/h14-21,30-33,38-45,48-49,72-74H,8-13,22-29,60-62H2,1-7H3,(H,63,80)(H,64,83)(H,65,84)(H,66,82)(H,67,86)(H,68,87)(H,69,81)(H,70,79)(H,71,85)(H,75,76)(H,77,78)(H,88,89)/t33-,38+,39+,40+,41+,42+,43+,44+,45+,48+,49+/m1/s1. The van der Waals surface area contributed by atoms with E-state index in [1.165, 1.54) is 48.5 Å². The number of carboxylic acid groups (broad SMARTS) is 3. The van der Waals surface area contributed by atoms with Gasteiger partial charge < -0.3 is 95.7 Å². The highest BCUT2D eigenvalue weighted by molar-refractivity contribution is 6.00. The molecule has 0 saturated carbocycles. The molecule has 30 heteroatoms. The Morgan fingerprint density at radius 1 is 0.404 bits per heavy atom. The summed E-state index contributed by atoms with van der Waals surface area (Å²) >= 11 is 0. The number of nitrogens with two attached hydrogens (primary N) is 3. The molecule has 0 aliphatic heterocycles. The summed E-state index contributed by atoms with van der Waals surface area (Å²) in [5, 5.41) is 82.1. The summed E-state index contributed by atoms with van der Waals surface area (Å²) in [5.41, 5.74) is 18.3. The zero-order valence-corrected chi connectivity index (χ0v) is 51.4. The van der Waals surface area contributed by atoms with Gasteiger partial charge in [-0.1, -0.05) is 65.8 Å². The Morgan fingerprint density at radius 2 is 0.742 bits per heavy atom. The minimum Gasteiger partial charge on any atom is -0.508 e. The average molecular weight is 1260 g/mol. The Labute approximate surface area is 516 Å². The number of carboxylic acids is 3. The number of aliphatic hydroxyl groups is 1. The van der Waals surface area contributed by atoms with E-state index in [4.69, 9.17) is 17.2 Å². The van der Waals surface area contributed by atoms with E-state index >= 15 is 0 Å². The minimum absolute atomic E-state index is 0.0303. The second-order valence-electron chi connectivity index (χ2n) is 23.1. The first-order chi connectivity index (χ1) is 41.8. The van der Waals surface area contributed by atoms with Gasteiger partial charge in [0, 0.05) is 12.8 Å². The topological polar surface area (TPSA) is 513 Å². The first kappa shape index (κ1) is 76.6. The van der Waals surface area contributed by atoms with Crippen LogP contribution in [0, 0.1) is 17.8 Å². The van der Waals surface area contributed by atoms with Crippen molar-refractivity contribution in [1.29, 1.82) is 0 Å². The van der Waals surface area contributed by atoms with Crippen molar-refractivity contribution in [3.8, 4) is 11.5 Å². The van der Waals surface area contributed by atoms with E-state index in [-0.39, 0.29) is 74.9 Å². The first-order valence-electron chi connectivity index (χ1n) is 29.6. The number of hydrogen-bond acceptors (Lipinski definition) is 18. The van der Waals surface area contributed by atoms with E-state index < -0.39 is 163 Å². The van der Waals surface area contributed by atoms with Crippen LogP contribution in [0.4, 0.5) is 0 Å². The summed E-state index contributed by atoms with van der Waals surface area (Å²) in [6, 6.07) is -4.92. The lowest BCUT2D eigenvalue weighted by Crippen LogP contribution is -2.62. The molecule has 2 rings (SSSR count). The molecule has 0 unspecified atom stereocenters. The Bertz CT molecular complexity index is 2690. The van der Waals surface area contributed by atoms with E-state index in [0.29, 0.717) is 30.4 Å². The van der Waals surface area contributed by atoms with E-state index in [0.717, 1.165) is 6.92 Å². The van der Waals surface area contributed by atoms with Crippen molar-refractivity contribution in [3.63, 3.8) is 0 Å². The van der Waals surface area contributed by atoms with Crippen molar-refractivity contribution >= 4 is 71.1 Å². The SMILES string of the molecule is CC(C)C[C@H](NC(=O)[C@@H](NC(=O)[C@@H](N)CC(C)C)C(C)C)C(=O)N[C@@H](CC(=O)O)C(=O)N[C@H](C(=O)N[C@@H](CC(=O)O)C(=O)N[C@@H](Cc1ccc(O)cc1)C(=O)N[C@@H](CCCCN)C(=O)N[C@@H](CCCCN)C(=O)N[C@@H](Cc1ccc(O)cc1)C(=O)O)[C@@H](C)O. The van der Waals surface area contributed by atoms with Crippen LogP contribution < -0.4 is 65.1 Å². The highest BCUT2D eigenvalue weighted by Crippen LogP contribution is 2.16. The van der Waals surface area contributed by atoms with Crippen LogP contribution in [-0.2, 0) is 70.4 Å². The van der Waals surface area contributed by atoms with Crippen molar-refractivity contribution in [2.24, 2.45) is 35.0 Å². The van der Waals surface area contributed by atoms with Crippen LogP contribution in [0.25, 0.3) is 0 Å².